The first-order valence-corrected chi connectivity index (χ1v) is 11.4. The minimum atomic E-state index is -3.93. The van der Waals surface area contributed by atoms with E-state index in [0.29, 0.717) is 18.0 Å². The van der Waals surface area contributed by atoms with E-state index in [0.717, 1.165) is 10.4 Å². The number of anilines is 1. The average Bonchev–Trinajstić information content (AvgIpc) is 3.20. The molecule has 0 saturated carbocycles. The molecule has 1 saturated heterocycles. The maximum atomic E-state index is 13.4. The lowest BCUT2D eigenvalue weighted by atomic mass is 10.1. The average molecular weight is 463 g/mol. The summed E-state index contributed by atoms with van der Waals surface area (Å²) in [6.45, 7) is 0.458. The molecular formula is C17H20ClFN4O4S2. The molecule has 3 rings (SSSR count). The summed E-state index contributed by atoms with van der Waals surface area (Å²) in [6, 6.07) is 2.17. The van der Waals surface area contributed by atoms with E-state index in [1.54, 1.807) is 11.6 Å². The van der Waals surface area contributed by atoms with Crippen LogP contribution < -0.4 is 10.0 Å². The van der Waals surface area contributed by atoms with Gasteiger partial charge in [-0.1, -0.05) is 11.6 Å². The normalized spacial score (nSPS) is 21.8. The molecule has 2 N–H and O–H groups in total. The SMILES string of the molecule is COCCCN1[C@H](C(=O)Nc2ccc(F)c(Cl)c2)C[C@H](c2nccs2)NS1(=O)=O. The number of ether oxygens (including phenoxy) is 1. The summed E-state index contributed by atoms with van der Waals surface area (Å²) >= 11 is 7.08. The zero-order chi connectivity index (χ0) is 21.0. The van der Waals surface area contributed by atoms with Gasteiger partial charge >= 0.3 is 0 Å². The van der Waals surface area contributed by atoms with Gasteiger partial charge in [-0.15, -0.1) is 11.3 Å². The van der Waals surface area contributed by atoms with Gasteiger partial charge in [-0.05, 0) is 31.0 Å². The summed E-state index contributed by atoms with van der Waals surface area (Å²) in [5.74, 6) is -1.14. The maximum absolute atomic E-state index is 13.4. The molecule has 0 unspecified atom stereocenters. The fourth-order valence-electron chi connectivity index (χ4n) is 3.04. The molecule has 1 aromatic heterocycles. The summed E-state index contributed by atoms with van der Waals surface area (Å²) in [6.07, 6.45) is 2.20. The van der Waals surface area contributed by atoms with Gasteiger partial charge in [-0.2, -0.15) is 17.4 Å². The number of hydrogen-bond acceptors (Lipinski definition) is 6. The van der Waals surface area contributed by atoms with Crippen LogP contribution in [0.3, 0.4) is 0 Å². The largest absolute Gasteiger partial charge is 0.385 e. The molecular weight excluding hydrogens is 443 g/mol. The number of thiazole rings is 1. The lowest BCUT2D eigenvalue weighted by Crippen LogP contribution is -2.58. The summed E-state index contributed by atoms with van der Waals surface area (Å²) in [5, 5.41) is 4.81. The summed E-state index contributed by atoms with van der Waals surface area (Å²) in [4.78, 5) is 17.1. The van der Waals surface area contributed by atoms with Crippen LogP contribution in [0.1, 0.15) is 23.9 Å². The van der Waals surface area contributed by atoms with Gasteiger partial charge in [-0.3, -0.25) is 4.79 Å². The van der Waals surface area contributed by atoms with E-state index >= 15 is 0 Å². The van der Waals surface area contributed by atoms with Crippen LogP contribution >= 0.6 is 22.9 Å². The van der Waals surface area contributed by atoms with Crippen molar-refractivity contribution < 1.29 is 22.3 Å². The van der Waals surface area contributed by atoms with Gasteiger partial charge in [0.15, 0.2) is 0 Å². The third kappa shape index (κ3) is 5.30. The molecule has 1 aliphatic heterocycles. The van der Waals surface area contributed by atoms with Crippen molar-refractivity contribution in [3.05, 3.63) is 45.6 Å². The number of halogens is 2. The van der Waals surface area contributed by atoms with E-state index < -0.39 is 34.0 Å². The number of aromatic nitrogens is 1. The Morgan fingerprint density at radius 3 is 2.97 bits per heavy atom. The topological polar surface area (TPSA) is 101 Å². The zero-order valence-electron chi connectivity index (χ0n) is 15.5. The first-order valence-electron chi connectivity index (χ1n) is 8.75. The number of amides is 1. The smallest absolute Gasteiger partial charge is 0.280 e. The van der Waals surface area contributed by atoms with Gasteiger partial charge in [0.05, 0.1) is 11.1 Å². The van der Waals surface area contributed by atoms with Crippen LogP contribution in [0.15, 0.2) is 29.8 Å². The van der Waals surface area contributed by atoms with Crippen LogP contribution in [-0.4, -0.2) is 49.9 Å². The first kappa shape index (κ1) is 22.1. The standard InChI is InChI=1S/C17H20ClFN4O4S2/c1-27-7-2-6-23-15(16(24)21-11-3-4-13(19)12(18)9-11)10-14(22-29(23,25)26)17-20-5-8-28-17/h3-5,8-9,14-15,22H,2,6-7,10H2,1H3,(H,21,24)/t14-,15+/m1/s1. The molecule has 1 aromatic carbocycles. The molecule has 1 aliphatic rings. The Hall–Kier alpha value is -1.63. The van der Waals surface area contributed by atoms with E-state index in [1.807, 2.05) is 0 Å². The second-order valence-electron chi connectivity index (χ2n) is 6.37. The monoisotopic (exact) mass is 462 g/mol. The molecule has 0 bridgehead atoms. The number of carbonyl (C=O) groups excluding carboxylic acids is 1. The predicted octanol–water partition coefficient (Wildman–Crippen LogP) is 2.56. The van der Waals surface area contributed by atoms with Gasteiger partial charge in [0, 0.05) is 37.5 Å². The molecule has 0 radical (unpaired) electrons. The highest BCUT2D eigenvalue weighted by Crippen LogP contribution is 2.31. The molecule has 8 nitrogen and oxygen atoms in total. The molecule has 2 heterocycles. The van der Waals surface area contributed by atoms with Crippen LogP contribution in [-0.2, 0) is 19.7 Å². The van der Waals surface area contributed by atoms with E-state index in [4.69, 9.17) is 16.3 Å². The summed E-state index contributed by atoms with van der Waals surface area (Å²) < 4.78 is 47.8. The van der Waals surface area contributed by atoms with E-state index in [2.05, 4.69) is 15.0 Å². The van der Waals surface area contributed by atoms with E-state index in [9.17, 15) is 17.6 Å². The molecule has 29 heavy (non-hydrogen) atoms. The van der Waals surface area contributed by atoms with Crippen LogP contribution in [0.2, 0.25) is 5.02 Å². The first-order chi connectivity index (χ1) is 13.8. The Bertz CT molecular complexity index is 958. The van der Waals surface area contributed by atoms with Gasteiger partial charge in [0.1, 0.15) is 16.9 Å². The second-order valence-corrected chi connectivity index (χ2v) is 9.36. The fraction of sp³-hybridized carbons (Fsp3) is 0.412. The molecule has 2 aromatic rings. The number of nitrogens with zero attached hydrogens (tertiary/aromatic N) is 2. The lowest BCUT2D eigenvalue weighted by molar-refractivity contribution is -0.120. The van der Waals surface area contributed by atoms with Crippen LogP contribution in [0.4, 0.5) is 10.1 Å². The number of carbonyl (C=O) groups is 1. The molecule has 1 amide bonds. The summed E-state index contributed by atoms with van der Waals surface area (Å²) in [7, 11) is -2.42. The highest BCUT2D eigenvalue weighted by Gasteiger charge is 2.43. The molecule has 2 atom stereocenters. The molecule has 158 valence electrons. The van der Waals surface area contributed by atoms with Gasteiger partial charge in [0.25, 0.3) is 10.2 Å². The Balaban J connectivity index is 1.85. The molecule has 1 fully saturated rings. The van der Waals surface area contributed by atoms with Gasteiger partial charge < -0.3 is 10.1 Å². The lowest BCUT2D eigenvalue weighted by Gasteiger charge is -2.37. The Morgan fingerprint density at radius 1 is 1.52 bits per heavy atom. The molecule has 0 spiro atoms. The second kappa shape index (κ2) is 9.45. The van der Waals surface area contributed by atoms with Crippen LogP contribution in [0, 0.1) is 5.82 Å². The fourth-order valence-corrected chi connectivity index (χ4v) is 5.59. The quantitative estimate of drug-likeness (QED) is 0.616. The van der Waals surface area contributed by atoms with Crippen molar-refractivity contribution in [1.29, 1.82) is 0 Å². The summed E-state index contributed by atoms with van der Waals surface area (Å²) in [5.41, 5.74) is 0.278. The van der Waals surface area contributed by atoms with Crippen molar-refractivity contribution in [1.82, 2.24) is 14.0 Å². The predicted molar refractivity (Wildman–Crippen MR) is 109 cm³/mol. The number of nitrogens with one attached hydrogen (secondary N) is 2. The number of benzene rings is 1. The minimum absolute atomic E-state index is 0.107. The molecule has 12 heteroatoms. The van der Waals surface area contributed by atoms with Crippen molar-refractivity contribution in [2.24, 2.45) is 0 Å². The minimum Gasteiger partial charge on any atom is -0.385 e. The third-order valence-corrected chi connectivity index (χ3v) is 7.19. The maximum Gasteiger partial charge on any atom is 0.280 e. The van der Waals surface area contributed by atoms with Crippen LogP contribution in [0.25, 0.3) is 0 Å². The van der Waals surface area contributed by atoms with Crippen molar-refractivity contribution >= 4 is 44.7 Å². The highest BCUT2D eigenvalue weighted by atomic mass is 35.5. The van der Waals surface area contributed by atoms with Crippen molar-refractivity contribution in [3.63, 3.8) is 0 Å². The number of methoxy groups -OCH3 is 1. The van der Waals surface area contributed by atoms with Crippen molar-refractivity contribution in [2.75, 3.05) is 25.6 Å². The van der Waals surface area contributed by atoms with E-state index in [1.165, 1.54) is 30.6 Å². The third-order valence-electron chi connectivity index (χ3n) is 4.37. The van der Waals surface area contributed by atoms with Gasteiger partial charge in [-0.25, -0.2) is 9.37 Å². The van der Waals surface area contributed by atoms with E-state index in [-0.39, 0.29) is 23.7 Å². The van der Waals surface area contributed by atoms with Crippen molar-refractivity contribution in [2.45, 2.75) is 24.9 Å². The Labute approximate surface area is 177 Å². The highest BCUT2D eigenvalue weighted by molar-refractivity contribution is 7.87. The van der Waals surface area contributed by atoms with Crippen LogP contribution in [0.5, 0.6) is 0 Å². The number of rotatable bonds is 7. The number of hydrogen-bond donors (Lipinski definition) is 2. The van der Waals surface area contributed by atoms with Gasteiger partial charge in [0.2, 0.25) is 5.91 Å². The molecule has 0 aliphatic carbocycles. The Morgan fingerprint density at radius 2 is 2.31 bits per heavy atom. The zero-order valence-corrected chi connectivity index (χ0v) is 17.9. The van der Waals surface area contributed by atoms with Crippen molar-refractivity contribution in [3.8, 4) is 0 Å². The Kier molecular flexibility index (Phi) is 7.19.